The van der Waals surface area contributed by atoms with Crippen molar-refractivity contribution < 1.29 is 14.9 Å². The van der Waals surface area contributed by atoms with Gasteiger partial charge in [-0.25, -0.2) is 0 Å². The molecule has 1 atom stereocenters. The third kappa shape index (κ3) is 5.72. The van der Waals surface area contributed by atoms with E-state index in [1.165, 1.54) is 29.0 Å². The third-order valence-corrected chi connectivity index (χ3v) is 6.43. The van der Waals surface area contributed by atoms with E-state index in [2.05, 4.69) is 71.3 Å². The molecule has 0 saturated heterocycles. The maximum atomic E-state index is 12.0. The zero-order valence-electron chi connectivity index (χ0n) is 20.3. The maximum Gasteiger partial charge on any atom is 0.266 e. The SMILES string of the molecule is [O-][n+]1cccc2c([C@@H](O)CNCCc3ccc(Nc4cccc(-c5ccccc5)c4)cc3)ccc(O)c21. The molecular weight excluding hydrogens is 462 g/mol. The van der Waals surface area contributed by atoms with Crippen LogP contribution in [0.3, 0.4) is 0 Å². The van der Waals surface area contributed by atoms with Gasteiger partial charge in [0.15, 0.2) is 11.9 Å². The van der Waals surface area contributed by atoms with E-state index in [1.54, 1.807) is 18.2 Å². The summed E-state index contributed by atoms with van der Waals surface area (Å²) >= 11 is 0. The number of nitrogens with zero attached hydrogens (tertiary/aromatic N) is 1. The first-order valence-electron chi connectivity index (χ1n) is 12.3. The van der Waals surface area contributed by atoms with Gasteiger partial charge in [-0.3, -0.25) is 0 Å². The molecule has 0 aliphatic carbocycles. The molecule has 4 aromatic carbocycles. The molecule has 37 heavy (non-hydrogen) atoms. The minimum Gasteiger partial charge on any atom is -0.618 e. The normalized spacial score (nSPS) is 11.9. The molecule has 0 bridgehead atoms. The molecule has 1 aromatic heterocycles. The zero-order chi connectivity index (χ0) is 25.6. The quantitative estimate of drug-likeness (QED) is 0.125. The molecule has 0 aliphatic heterocycles. The Morgan fingerprint density at radius 2 is 1.57 bits per heavy atom. The van der Waals surface area contributed by atoms with Crippen molar-refractivity contribution >= 4 is 22.3 Å². The number of aromatic nitrogens is 1. The highest BCUT2D eigenvalue weighted by Crippen LogP contribution is 2.28. The van der Waals surface area contributed by atoms with Crippen molar-refractivity contribution in [2.24, 2.45) is 0 Å². The zero-order valence-corrected chi connectivity index (χ0v) is 20.3. The monoisotopic (exact) mass is 491 g/mol. The molecule has 0 unspecified atom stereocenters. The lowest BCUT2D eigenvalue weighted by molar-refractivity contribution is -0.577. The highest BCUT2D eigenvalue weighted by atomic mass is 16.5. The molecule has 5 rings (SSSR count). The van der Waals surface area contributed by atoms with Crippen molar-refractivity contribution in [3.05, 3.63) is 126 Å². The highest BCUT2D eigenvalue weighted by molar-refractivity contribution is 5.85. The molecule has 0 radical (unpaired) electrons. The Bertz CT molecular complexity index is 1480. The summed E-state index contributed by atoms with van der Waals surface area (Å²) < 4.78 is 0.618. The summed E-state index contributed by atoms with van der Waals surface area (Å²) in [6.45, 7) is 1.03. The van der Waals surface area contributed by atoms with E-state index in [-0.39, 0.29) is 11.3 Å². The van der Waals surface area contributed by atoms with Gasteiger partial charge in [0, 0.05) is 24.0 Å². The molecule has 0 amide bonds. The molecule has 0 spiro atoms. The van der Waals surface area contributed by atoms with Gasteiger partial charge in [0.2, 0.25) is 0 Å². The number of hydrogen-bond acceptors (Lipinski definition) is 5. The third-order valence-electron chi connectivity index (χ3n) is 6.43. The van der Waals surface area contributed by atoms with Crippen molar-refractivity contribution in [2.75, 3.05) is 18.4 Å². The van der Waals surface area contributed by atoms with Crippen LogP contribution in [0.5, 0.6) is 5.75 Å². The second kappa shape index (κ2) is 11.1. The van der Waals surface area contributed by atoms with E-state index in [1.807, 2.05) is 18.2 Å². The number of aliphatic hydroxyl groups excluding tert-OH is 1. The Labute approximate surface area is 216 Å². The van der Waals surface area contributed by atoms with Gasteiger partial charge in [-0.1, -0.05) is 60.7 Å². The molecule has 6 heteroatoms. The van der Waals surface area contributed by atoms with E-state index in [4.69, 9.17) is 0 Å². The van der Waals surface area contributed by atoms with Crippen molar-refractivity contribution in [3.63, 3.8) is 0 Å². The Kier molecular flexibility index (Phi) is 7.31. The van der Waals surface area contributed by atoms with Gasteiger partial charge in [-0.15, -0.1) is 0 Å². The summed E-state index contributed by atoms with van der Waals surface area (Å²) in [7, 11) is 0. The number of fused-ring (bicyclic) bond motifs is 1. The fourth-order valence-corrected chi connectivity index (χ4v) is 4.51. The first-order chi connectivity index (χ1) is 18.1. The summed E-state index contributed by atoms with van der Waals surface area (Å²) in [5.41, 5.74) is 6.38. The summed E-state index contributed by atoms with van der Waals surface area (Å²) in [6, 6.07) is 33.5. The Hall–Kier alpha value is -4.39. The number of rotatable bonds is 9. The second-order valence-corrected chi connectivity index (χ2v) is 9.01. The molecule has 4 N–H and O–H groups in total. The van der Waals surface area contributed by atoms with Crippen LogP contribution >= 0.6 is 0 Å². The van der Waals surface area contributed by atoms with Crippen LogP contribution in [0.4, 0.5) is 11.4 Å². The van der Waals surface area contributed by atoms with Crippen molar-refractivity contribution in [3.8, 4) is 16.9 Å². The fraction of sp³-hybridized carbons (Fsp3) is 0.129. The van der Waals surface area contributed by atoms with E-state index in [0.717, 1.165) is 17.8 Å². The van der Waals surface area contributed by atoms with Crippen LogP contribution < -0.4 is 15.4 Å². The van der Waals surface area contributed by atoms with Crippen LogP contribution in [-0.4, -0.2) is 23.3 Å². The lowest BCUT2D eigenvalue weighted by Gasteiger charge is -2.15. The molecule has 0 saturated carbocycles. The molecule has 6 nitrogen and oxygen atoms in total. The average molecular weight is 492 g/mol. The summed E-state index contributed by atoms with van der Waals surface area (Å²) in [4.78, 5) is 0. The minimum atomic E-state index is -0.802. The number of anilines is 2. The number of hydrogen-bond donors (Lipinski definition) is 4. The predicted octanol–water partition coefficient (Wildman–Crippen LogP) is 5.46. The minimum absolute atomic E-state index is 0.101. The molecule has 5 aromatic rings. The topological polar surface area (TPSA) is 91.5 Å². The molecule has 1 heterocycles. The molecular formula is C31H29N3O3. The standard InChI is InChI=1S/C31H29N3O3/c35-29-16-15-27(28-10-5-19-34(37)31(28)29)30(36)21-32-18-17-22-11-13-25(14-12-22)33-26-9-4-8-24(20-26)23-6-2-1-3-7-23/h1-16,19-20,30,32-33,35-36H,17-18,21H2/t30-/m0/s1. The van der Waals surface area contributed by atoms with E-state index in [9.17, 15) is 15.4 Å². The number of aromatic hydroxyl groups is 1. The van der Waals surface area contributed by atoms with Gasteiger partial charge < -0.3 is 26.1 Å². The van der Waals surface area contributed by atoms with Gasteiger partial charge >= 0.3 is 0 Å². The molecule has 186 valence electrons. The summed E-state index contributed by atoms with van der Waals surface area (Å²) in [5, 5.41) is 40.1. The van der Waals surface area contributed by atoms with Crippen molar-refractivity contribution in [1.29, 1.82) is 0 Å². The number of phenols is 1. The largest absolute Gasteiger partial charge is 0.618 e. The van der Waals surface area contributed by atoms with E-state index < -0.39 is 6.10 Å². The van der Waals surface area contributed by atoms with Crippen molar-refractivity contribution in [1.82, 2.24) is 5.32 Å². The van der Waals surface area contributed by atoms with Gasteiger partial charge in [0.25, 0.3) is 5.52 Å². The lowest BCUT2D eigenvalue weighted by atomic mass is 10.0. The second-order valence-electron chi connectivity index (χ2n) is 9.01. The van der Waals surface area contributed by atoms with Crippen LogP contribution in [0.25, 0.3) is 22.0 Å². The number of pyridine rings is 1. The van der Waals surface area contributed by atoms with Gasteiger partial charge in [-0.2, -0.15) is 4.73 Å². The Morgan fingerprint density at radius 1 is 0.784 bits per heavy atom. The van der Waals surface area contributed by atoms with Crippen molar-refractivity contribution in [2.45, 2.75) is 12.5 Å². The van der Waals surface area contributed by atoms with Gasteiger partial charge in [0.05, 0.1) is 11.5 Å². The molecule has 0 fully saturated rings. The van der Waals surface area contributed by atoms with E-state index >= 15 is 0 Å². The fourth-order valence-electron chi connectivity index (χ4n) is 4.51. The van der Waals surface area contributed by atoms with Crippen LogP contribution in [-0.2, 0) is 6.42 Å². The van der Waals surface area contributed by atoms with Gasteiger partial charge in [0.1, 0.15) is 0 Å². The number of aliphatic hydroxyl groups is 1. The smallest absolute Gasteiger partial charge is 0.266 e. The number of nitrogens with one attached hydrogen (secondary N) is 2. The summed E-state index contributed by atoms with van der Waals surface area (Å²) in [6.07, 6.45) is 1.34. The van der Waals surface area contributed by atoms with Crippen LogP contribution in [0.2, 0.25) is 0 Å². The average Bonchev–Trinajstić information content (AvgIpc) is 2.93. The summed E-state index contributed by atoms with van der Waals surface area (Å²) in [5.74, 6) is -0.101. The lowest BCUT2D eigenvalue weighted by Crippen LogP contribution is -2.27. The highest BCUT2D eigenvalue weighted by Gasteiger charge is 2.17. The van der Waals surface area contributed by atoms with Crippen LogP contribution in [0, 0.1) is 5.21 Å². The van der Waals surface area contributed by atoms with Crippen LogP contribution in [0.15, 0.2) is 109 Å². The predicted molar refractivity (Wildman–Crippen MR) is 148 cm³/mol. The first kappa shape index (κ1) is 24.3. The molecule has 0 aliphatic rings. The maximum absolute atomic E-state index is 12.0. The van der Waals surface area contributed by atoms with E-state index in [0.29, 0.717) is 28.8 Å². The first-order valence-corrected chi connectivity index (χ1v) is 12.3. The Balaban J connectivity index is 1.14. The number of phenolic OH excluding ortho intramolecular Hbond substituents is 1. The van der Waals surface area contributed by atoms with Crippen LogP contribution in [0.1, 0.15) is 17.2 Å². The number of benzene rings is 4. The Morgan fingerprint density at radius 3 is 2.38 bits per heavy atom. The van der Waals surface area contributed by atoms with Gasteiger partial charge in [-0.05, 0) is 71.6 Å².